The van der Waals surface area contributed by atoms with Gasteiger partial charge in [-0.3, -0.25) is 0 Å². The van der Waals surface area contributed by atoms with Crippen molar-refractivity contribution < 1.29 is 94.2 Å². The lowest BCUT2D eigenvalue weighted by atomic mass is 9.73. The van der Waals surface area contributed by atoms with E-state index in [4.69, 9.17) is 0 Å². The summed E-state index contributed by atoms with van der Waals surface area (Å²) in [6.07, 6.45) is -34.3. The second-order valence-electron chi connectivity index (χ2n) is 10.9. The Morgan fingerprint density at radius 1 is 0.346 bits per heavy atom. The van der Waals surface area contributed by atoms with Crippen molar-refractivity contribution in [3.8, 4) is 39.1 Å². The number of halogens is 18. The maximum atomic E-state index is 13.9. The summed E-state index contributed by atoms with van der Waals surface area (Å²) in [5.41, 5.74) is -24.1. The van der Waals surface area contributed by atoms with Crippen LogP contribution in [-0.2, 0) is 37.1 Å². The molecule has 0 aliphatic carbocycles. The molecule has 52 heavy (non-hydrogen) atoms. The van der Waals surface area contributed by atoms with Gasteiger partial charge in [-0.25, -0.2) is 0 Å². The average Bonchev–Trinajstić information content (AvgIpc) is 2.97. The van der Waals surface area contributed by atoms with Gasteiger partial charge < -0.3 is 15.2 Å². The number of rotatable bonds is 4. The molecule has 0 fully saturated rings. The summed E-state index contributed by atoms with van der Waals surface area (Å²) in [5.74, 6) is -1.85. The van der Waals surface area contributed by atoms with E-state index in [1.807, 2.05) is 0 Å². The second-order valence-corrected chi connectivity index (χ2v) is 10.9. The summed E-state index contributed by atoms with van der Waals surface area (Å²) in [4.78, 5) is 0. The maximum absolute atomic E-state index is 13.9. The van der Waals surface area contributed by atoms with E-state index < -0.39 is 140 Å². The lowest BCUT2D eigenvalue weighted by Gasteiger charge is -2.24. The average molecular weight is 774 g/mol. The Labute approximate surface area is 277 Å². The van der Waals surface area contributed by atoms with E-state index in [0.29, 0.717) is 0 Å². The van der Waals surface area contributed by atoms with Gasteiger partial charge in [0, 0.05) is 16.6 Å². The molecule has 0 bridgehead atoms. The fourth-order valence-electron chi connectivity index (χ4n) is 5.01. The molecule has 4 aromatic carbocycles. The highest BCUT2D eigenvalue weighted by atomic mass is 19.4. The molecule has 280 valence electrons. The van der Waals surface area contributed by atoms with Crippen LogP contribution in [0.4, 0.5) is 79.0 Å². The maximum Gasteiger partial charge on any atom is 0.492 e. The second kappa shape index (κ2) is 12.8. The van der Waals surface area contributed by atoms with E-state index in [9.17, 15) is 94.2 Å². The third-order valence-electron chi connectivity index (χ3n) is 7.26. The summed E-state index contributed by atoms with van der Waals surface area (Å²) >= 11 is 0. The van der Waals surface area contributed by atoms with Gasteiger partial charge in [0.15, 0.2) is 0 Å². The van der Waals surface area contributed by atoms with Crippen LogP contribution in [0.5, 0.6) is 5.75 Å². The van der Waals surface area contributed by atoms with Gasteiger partial charge in [-0.2, -0.15) is 79.0 Å². The van der Waals surface area contributed by atoms with E-state index in [1.165, 1.54) is 0 Å². The molecule has 0 spiro atoms. The van der Waals surface area contributed by atoms with Gasteiger partial charge >= 0.3 is 44.2 Å². The van der Waals surface area contributed by atoms with Crippen molar-refractivity contribution in [1.29, 1.82) is 0 Å². The summed E-state index contributed by atoms with van der Waals surface area (Å²) < 4.78 is 249. The Hall–Kier alpha value is -4.60. The molecule has 0 atom stereocenters. The van der Waals surface area contributed by atoms with E-state index in [2.05, 4.69) is 0 Å². The molecule has 4 rings (SSSR count). The molecular weight excluding hydrogens is 761 g/mol. The Morgan fingerprint density at radius 2 is 0.596 bits per heavy atom. The van der Waals surface area contributed by atoms with Crippen LogP contribution in [0.2, 0.25) is 0 Å². The third kappa shape index (κ3) is 8.37. The molecule has 22 heteroatoms. The molecule has 0 radical (unpaired) electrons. The molecule has 0 aliphatic rings. The minimum absolute atomic E-state index is 0.0697. The summed E-state index contributed by atoms with van der Waals surface area (Å²) in [7, 11) is -3.13. The first-order valence-electron chi connectivity index (χ1n) is 13.5. The van der Waals surface area contributed by atoms with Crippen LogP contribution in [0.1, 0.15) is 33.4 Å². The lowest BCUT2D eigenvalue weighted by molar-refractivity contribution is -0.144. The molecular formula is C30H13BF18O3. The molecule has 3 nitrogen and oxygen atoms in total. The highest BCUT2D eigenvalue weighted by Gasteiger charge is 2.42. The van der Waals surface area contributed by atoms with E-state index in [0.717, 1.165) is 0 Å². The van der Waals surface area contributed by atoms with Gasteiger partial charge in [-0.05, 0) is 76.9 Å². The largest absolute Gasteiger partial charge is 0.508 e. The Balaban J connectivity index is 2.42. The topological polar surface area (TPSA) is 60.7 Å². The third-order valence-corrected chi connectivity index (χ3v) is 7.26. The number of phenols is 1. The standard InChI is InChI=1S/C30H13BF18O3/c32-25(33,34)14-1-11(2-15(7-14)26(35,36)37)20-10-21(31(51)52)24(50)23(13-5-18(29(44,45)46)9-19(6-13)30(47,48)49)22(20)12-3-16(27(38,39)40)8-17(4-12)28(41,42)43/h1-10,50-52H. The highest BCUT2D eigenvalue weighted by molar-refractivity contribution is 6.60. The zero-order valence-corrected chi connectivity index (χ0v) is 24.5. The van der Waals surface area contributed by atoms with Crippen molar-refractivity contribution in [3.05, 3.63) is 94.0 Å². The molecule has 0 saturated heterocycles. The van der Waals surface area contributed by atoms with Crippen LogP contribution < -0.4 is 5.46 Å². The van der Waals surface area contributed by atoms with E-state index in [1.54, 1.807) is 0 Å². The summed E-state index contributed by atoms with van der Waals surface area (Å²) in [6.45, 7) is 0. The van der Waals surface area contributed by atoms with E-state index in [-0.39, 0.29) is 42.5 Å². The SMILES string of the molecule is OB(O)c1cc(-c2cc(C(F)(F)F)cc(C(F)(F)F)c2)c(-c2cc(C(F)(F)F)cc(C(F)(F)F)c2)c(-c2cc(C(F)(F)F)cc(C(F)(F)F)c2)c1O. The van der Waals surface area contributed by atoms with Crippen molar-refractivity contribution >= 4 is 12.6 Å². The van der Waals surface area contributed by atoms with Crippen molar-refractivity contribution in [3.63, 3.8) is 0 Å². The lowest BCUT2D eigenvalue weighted by Crippen LogP contribution is -2.31. The molecule has 0 amide bonds. The quantitative estimate of drug-likeness (QED) is 0.143. The predicted molar refractivity (Wildman–Crippen MR) is 144 cm³/mol. The Kier molecular flexibility index (Phi) is 9.90. The zero-order valence-electron chi connectivity index (χ0n) is 24.5. The summed E-state index contributed by atoms with van der Waals surface area (Å²) in [5, 5.41) is 30.9. The molecule has 0 heterocycles. The molecule has 3 N–H and O–H groups in total. The molecule has 4 aromatic rings. The van der Waals surface area contributed by atoms with Crippen LogP contribution in [-0.4, -0.2) is 22.3 Å². The first-order valence-corrected chi connectivity index (χ1v) is 13.5. The van der Waals surface area contributed by atoms with Gasteiger partial charge in [0.25, 0.3) is 0 Å². The van der Waals surface area contributed by atoms with Crippen LogP contribution >= 0.6 is 0 Å². The fourth-order valence-corrected chi connectivity index (χ4v) is 5.01. The normalized spacial score (nSPS) is 13.5. The van der Waals surface area contributed by atoms with Gasteiger partial charge in [0.05, 0.1) is 33.4 Å². The number of hydrogen-bond donors (Lipinski definition) is 3. The predicted octanol–water partition coefficient (Wildman–Crippen LogP) is 10.2. The smallest absolute Gasteiger partial charge is 0.492 e. The van der Waals surface area contributed by atoms with Gasteiger partial charge in [0.1, 0.15) is 5.75 Å². The minimum atomic E-state index is -5.74. The number of aromatic hydroxyl groups is 1. The van der Waals surface area contributed by atoms with Crippen LogP contribution in [0.15, 0.2) is 60.7 Å². The molecule has 0 aliphatic heterocycles. The minimum Gasteiger partial charge on any atom is -0.508 e. The van der Waals surface area contributed by atoms with Crippen molar-refractivity contribution in [2.45, 2.75) is 37.1 Å². The summed E-state index contributed by atoms with van der Waals surface area (Å²) in [6, 6.07) is -2.74. The van der Waals surface area contributed by atoms with Crippen LogP contribution in [0.3, 0.4) is 0 Å². The van der Waals surface area contributed by atoms with Crippen LogP contribution in [0, 0.1) is 0 Å². The van der Waals surface area contributed by atoms with Crippen LogP contribution in [0.25, 0.3) is 33.4 Å². The van der Waals surface area contributed by atoms with Crippen molar-refractivity contribution in [2.24, 2.45) is 0 Å². The first-order chi connectivity index (χ1) is 23.3. The van der Waals surface area contributed by atoms with E-state index >= 15 is 0 Å². The first kappa shape index (κ1) is 40.2. The monoisotopic (exact) mass is 774 g/mol. The number of hydrogen-bond acceptors (Lipinski definition) is 3. The fraction of sp³-hybridized carbons (Fsp3) is 0.200. The number of phenolic OH excluding ortho intramolecular Hbond substituents is 1. The van der Waals surface area contributed by atoms with Gasteiger partial charge in [-0.1, -0.05) is 6.07 Å². The number of benzene rings is 4. The zero-order chi connectivity index (χ0) is 39.7. The Morgan fingerprint density at radius 3 is 0.846 bits per heavy atom. The Bertz CT molecular complexity index is 1900. The molecule has 0 unspecified atom stereocenters. The highest BCUT2D eigenvalue weighted by Crippen LogP contribution is 2.50. The van der Waals surface area contributed by atoms with Crippen molar-refractivity contribution in [2.75, 3.05) is 0 Å². The van der Waals surface area contributed by atoms with Gasteiger partial charge in [-0.15, -0.1) is 0 Å². The molecule has 0 aromatic heterocycles. The number of alkyl halides is 18. The molecule has 0 saturated carbocycles. The van der Waals surface area contributed by atoms with Crippen molar-refractivity contribution in [1.82, 2.24) is 0 Å². The van der Waals surface area contributed by atoms with Gasteiger partial charge in [0.2, 0.25) is 0 Å².